The van der Waals surface area contributed by atoms with Gasteiger partial charge in [-0.2, -0.15) is 0 Å². The van der Waals surface area contributed by atoms with Gasteiger partial charge in [-0.25, -0.2) is 4.39 Å². The molecule has 2 aromatic carbocycles. The maximum atomic E-state index is 14.8. The fourth-order valence-electron chi connectivity index (χ4n) is 3.02. The van der Waals surface area contributed by atoms with Crippen LogP contribution >= 0.6 is 11.6 Å². The Balaban J connectivity index is 2.31. The molecule has 0 N–H and O–H groups in total. The van der Waals surface area contributed by atoms with Crippen LogP contribution in [0.25, 0.3) is 11.1 Å². The molecule has 0 amide bonds. The molecule has 1 fully saturated rings. The highest BCUT2D eigenvalue weighted by Crippen LogP contribution is 2.42. The molecule has 0 aromatic heterocycles. The van der Waals surface area contributed by atoms with Crippen LogP contribution in [-0.2, 0) is 0 Å². The van der Waals surface area contributed by atoms with Crippen molar-refractivity contribution in [2.45, 2.75) is 19.8 Å². The van der Waals surface area contributed by atoms with Crippen LogP contribution in [0.2, 0.25) is 5.02 Å². The smallest absolute Gasteiger partial charge is 0.163 e. The first kappa shape index (κ1) is 18.1. The topological polar surface area (TPSA) is 45.0 Å². The van der Waals surface area contributed by atoms with Gasteiger partial charge in [0.1, 0.15) is 5.69 Å². The monoisotopic (exact) mass is 369 g/mol. The van der Waals surface area contributed by atoms with Gasteiger partial charge in [0.25, 0.3) is 0 Å². The third-order valence-corrected chi connectivity index (χ3v) is 4.62. The lowest BCUT2D eigenvalue weighted by atomic mass is 9.92. The van der Waals surface area contributed by atoms with E-state index >= 15 is 0 Å². The molecule has 1 aliphatic heterocycles. The summed E-state index contributed by atoms with van der Waals surface area (Å²) in [4.78, 5) is 12.2. The summed E-state index contributed by atoms with van der Waals surface area (Å²) >= 11 is 6.12. The van der Waals surface area contributed by atoms with Gasteiger partial charge >= 0.3 is 0 Å². The van der Waals surface area contributed by atoms with E-state index in [-0.39, 0.29) is 21.8 Å². The lowest BCUT2D eigenvalue weighted by molar-refractivity contribution is 0.101. The molecule has 3 rings (SSSR count). The highest BCUT2D eigenvalue weighted by Gasteiger charge is 2.26. The summed E-state index contributed by atoms with van der Waals surface area (Å²) in [5, 5.41) is 10.0. The first-order valence-electron chi connectivity index (χ1n) is 8.29. The average molecular weight is 370 g/mol. The van der Waals surface area contributed by atoms with Crippen molar-refractivity contribution >= 4 is 23.1 Å². The van der Waals surface area contributed by atoms with Crippen LogP contribution in [0.1, 0.15) is 35.7 Å². The second kappa shape index (κ2) is 7.67. The maximum absolute atomic E-state index is 14.8. The number of hydrogen-bond acceptors (Lipinski definition) is 3. The molecule has 6 heteroatoms. The Morgan fingerprint density at radius 1 is 1.27 bits per heavy atom. The van der Waals surface area contributed by atoms with Crippen LogP contribution in [-0.4, -0.2) is 23.9 Å². The summed E-state index contributed by atoms with van der Waals surface area (Å²) in [6.07, 6.45) is 7.65. The lowest BCUT2D eigenvalue weighted by Crippen LogP contribution is -2.10. The summed E-state index contributed by atoms with van der Waals surface area (Å²) in [6.45, 7) is 2.88. The van der Waals surface area contributed by atoms with Crippen molar-refractivity contribution in [1.29, 1.82) is 0 Å². The zero-order valence-corrected chi connectivity index (χ0v) is 15.1. The van der Waals surface area contributed by atoms with E-state index in [0.717, 1.165) is 25.9 Å². The zero-order valence-electron chi connectivity index (χ0n) is 14.3. The Kier molecular flexibility index (Phi) is 5.34. The fourth-order valence-corrected chi connectivity index (χ4v) is 3.26. The summed E-state index contributed by atoms with van der Waals surface area (Å²) in [5.41, 5.74) is 1.14. The number of ketones is 1. The third-order valence-electron chi connectivity index (χ3n) is 4.27. The van der Waals surface area contributed by atoms with Crippen LogP contribution in [0.5, 0.6) is 0 Å². The molecule has 0 bridgehead atoms. The number of nitrogens with zero attached hydrogens (tertiary/aromatic N) is 3. The summed E-state index contributed by atoms with van der Waals surface area (Å²) in [5.74, 6) is 1.12. The predicted molar refractivity (Wildman–Crippen MR) is 100 cm³/mol. The number of Topliss-reactive ketones (excluding diaryl/α,β-unsaturated/α-hetero) is 1. The molecule has 4 nitrogen and oxygen atoms in total. The lowest BCUT2D eigenvalue weighted by Gasteiger charge is -2.16. The Morgan fingerprint density at radius 3 is 2.50 bits per heavy atom. The van der Waals surface area contributed by atoms with E-state index in [2.05, 4.69) is 16.3 Å². The number of carbonyl (C=O) groups is 1. The molecule has 0 atom stereocenters. The summed E-state index contributed by atoms with van der Waals surface area (Å²) < 4.78 is 14.8. The molecule has 0 spiro atoms. The van der Waals surface area contributed by atoms with Crippen molar-refractivity contribution in [3.05, 3.63) is 52.3 Å². The standard InChI is InChI=1S/C20H17ClFN3O/c1-3-15-18(21)19(22)16(13(2)26)17(14-9-5-4-6-10-14)20(15)23-24-25-11-7-8-12-25/h1,4-6,9-10H,7-8,11-12H2,2H3. The normalized spacial score (nSPS) is 14.0. The Bertz CT molecular complexity index is 913. The van der Waals surface area contributed by atoms with Crippen molar-refractivity contribution in [3.8, 4) is 23.5 Å². The molecule has 0 aliphatic carbocycles. The van der Waals surface area contributed by atoms with E-state index < -0.39 is 11.6 Å². The number of hydrogen-bond donors (Lipinski definition) is 0. The second-order valence-electron chi connectivity index (χ2n) is 6.02. The van der Waals surface area contributed by atoms with Crippen molar-refractivity contribution in [2.75, 3.05) is 13.1 Å². The van der Waals surface area contributed by atoms with E-state index in [1.165, 1.54) is 6.92 Å². The van der Waals surface area contributed by atoms with Crippen LogP contribution in [0.15, 0.2) is 40.7 Å². The van der Waals surface area contributed by atoms with Crippen LogP contribution < -0.4 is 0 Å². The number of benzene rings is 2. The number of carbonyl (C=O) groups excluding carboxylic acids is 1. The summed E-state index contributed by atoms with van der Waals surface area (Å²) in [6, 6.07) is 8.96. The minimum atomic E-state index is -0.828. The average Bonchev–Trinajstić information content (AvgIpc) is 3.16. The third kappa shape index (κ3) is 3.33. The molecule has 1 heterocycles. The Hall–Kier alpha value is -2.71. The van der Waals surface area contributed by atoms with E-state index in [0.29, 0.717) is 11.1 Å². The van der Waals surface area contributed by atoms with Gasteiger partial charge in [-0.15, -0.1) is 11.5 Å². The van der Waals surface area contributed by atoms with Gasteiger partial charge in [-0.3, -0.25) is 9.80 Å². The minimum absolute atomic E-state index is 0.0935. The van der Waals surface area contributed by atoms with Gasteiger partial charge < -0.3 is 0 Å². The highest BCUT2D eigenvalue weighted by atomic mass is 35.5. The zero-order chi connectivity index (χ0) is 18.7. The molecule has 0 saturated carbocycles. The molecule has 2 aromatic rings. The molecule has 1 aliphatic rings. The molecule has 1 saturated heterocycles. The summed E-state index contributed by atoms with van der Waals surface area (Å²) in [7, 11) is 0. The highest BCUT2D eigenvalue weighted by molar-refractivity contribution is 6.33. The van der Waals surface area contributed by atoms with Crippen molar-refractivity contribution in [3.63, 3.8) is 0 Å². The first-order valence-corrected chi connectivity index (χ1v) is 8.67. The van der Waals surface area contributed by atoms with E-state index in [4.69, 9.17) is 18.0 Å². The van der Waals surface area contributed by atoms with E-state index in [9.17, 15) is 9.18 Å². The maximum Gasteiger partial charge on any atom is 0.163 e. The van der Waals surface area contributed by atoms with Crippen molar-refractivity contribution in [1.82, 2.24) is 5.01 Å². The largest absolute Gasteiger partial charge is 0.294 e. The second-order valence-corrected chi connectivity index (χ2v) is 6.40. The van der Waals surface area contributed by atoms with Gasteiger partial charge in [-0.1, -0.05) is 53.1 Å². The van der Waals surface area contributed by atoms with Gasteiger partial charge in [-0.05, 0) is 25.3 Å². The number of halogens is 2. The number of rotatable bonds is 4. The molecular weight excluding hydrogens is 353 g/mol. The Labute approximate surface area is 156 Å². The fraction of sp³-hybridized carbons (Fsp3) is 0.250. The van der Waals surface area contributed by atoms with Gasteiger partial charge in [0, 0.05) is 18.7 Å². The quantitative estimate of drug-likeness (QED) is 0.410. The molecule has 0 radical (unpaired) electrons. The van der Waals surface area contributed by atoms with Crippen molar-refractivity contribution in [2.24, 2.45) is 10.3 Å². The first-order chi connectivity index (χ1) is 12.5. The molecular formula is C20H17ClFN3O. The van der Waals surface area contributed by atoms with Gasteiger partial charge in [0.2, 0.25) is 0 Å². The SMILES string of the molecule is C#Cc1c(Cl)c(F)c(C(C)=O)c(-c2ccccc2)c1N=NN1CCCC1. The molecule has 132 valence electrons. The van der Waals surface area contributed by atoms with Crippen LogP contribution in [0.4, 0.5) is 10.1 Å². The van der Waals surface area contributed by atoms with Crippen LogP contribution in [0.3, 0.4) is 0 Å². The van der Waals surface area contributed by atoms with Gasteiger partial charge in [0.15, 0.2) is 11.6 Å². The minimum Gasteiger partial charge on any atom is -0.294 e. The molecule has 26 heavy (non-hydrogen) atoms. The number of terminal acetylenes is 1. The molecule has 0 unspecified atom stereocenters. The van der Waals surface area contributed by atoms with E-state index in [1.54, 1.807) is 24.3 Å². The van der Waals surface area contributed by atoms with Crippen LogP contribution in [0, 0.1) is 18.2 Å². The van der Waals surface area contributed by atoms with Crippen molar-refractivity contribution < 1.29 is 9.18 Å². The van der Waals surface area contributed by atoms with Gasteiger partial charge in [0.05, 0.1) is 16.1 Å². The predicted octanol–water partition coefficient (Wildman–Crippen LogP) is 5.42. The Morgan fingerprint density at radius 2 is 1.92 bits per heavy atom. The van der Waals surface area contributed by atoms with E-state index in [1.807, 2.05) is 11.1 Å².